The Kier molecular flexibility index (Phi) is 6.99. The minimum Gasteiger partial charge on any atom is -0.361 e. The van der Waals surface area contributed by atoms with Crippen molar-refractivity contribution in [1.29, 1.82) is 0 Å². The van der Waals surface area contributed by atoms with E-state index in [-0.39, 0.29) is 17.9 Å². The number of nitrogens with one attached hydrogen (secondary N) is 2. The molecule has 4 rings (SSSR count). The van der Waals surface area contributed by atoms with Crippen LogP contribution in [0, 0.1) is 6.92 Å². The summed E-state index contributed by atoms with van der Waals surface area (Å²) in [7, 11) is 0. The fourth-order valence-electron chi connectivity index (χ4n) is 4.34. The number of carbonyl (C=O) groups is 2. The van der Waals surface area contributed by atoms with Crippen LogP contribution in [0.5, 0.6) is 0 Å². The molecule has 2 aliphatic rings. The van der Waals surface area contributed by atoms with Crippen LogP contribution in [0.15, 0.2) is 34.9 Å². The lowest BCUT2D eigenvalue weighted by molar-refractivity contribution is -0.117. The summed E-state index contributed by atoms with van der Waals surface area (Å²) < 4.78 is 5.13. The molecule has 0 bridgehead atoms. The SMILES string of the molecule is Cc1cc(CN2CCN(CC(=O)Nc3ccccc3C(=O)NC3CCCC3)CC2)no1. The summed E-state index contributed by atoms with van der Waals surface area (Å²) >= 11 is 0. The molecule has 2 aromatic rings. The van der Waals surface area contributed by atoms with Crippen LogP contribution < -0.4 is 10.6 Å². The number of rotatable bonds is 7. The number of para-hydroxylation sites is 1. The number of benzene rings is 1. The fourth-order valence-corrected chi connectivity index (χ4v) is 4.34. The third kappa shape index (κ3) is 5.92. The van der Waals surface area contributed by atoms with Gasteiger partial charge in [-0.05, 0) is 31.9 Å². The quantitative estimate of drug-likeness (QED) is 0.708. The van der Waals surface area contributed by atoms with Gasteiger partial charge in [0.05, 0.1) is 23.5 Å². The monoisotopic (exact) mass is 425 g/mol. The summed E-state index contributed by atoms with van der Waals surface area (Å²) in [6.07, 6.45) is 4.38. The van der Waals surface area contributed by atoms with Crippen LogP contribution in [-0.4, -0.2) is 65.5 Å². The molecule has 1 saturated carbocycles. The van der Waals surface area contributed by atoms with Crippen molar-refractivity contribution >= 4 is 17.5 Å². The van der Waals surface area contributed by atoms with E-state index in [1.807, 2.05) is 25.1 Å². The zero-order chi connectivity index (χ0) is 21.6. The second-order valence-corrected chi connectivity index (χ2v) is 8.53. The lowest BCUT2D eigenvalue weighted by Crippen LogP contribution is -2.48. The number of aryl methyl sites for hydroxylation is 1. The zero-order valence-electron chi connectivity index (χ0n) is 18.1. The molecule has 0 spiro atoms. The molecule has 8 heteroatoms. The maximum atomic E-state index is 12.7. The summed E-state index contributed by atoms with van der Waals surface area (Å²) in [4.78, 5) is 29.8. The number of anilines is 1. The number of amides is 2. The van der Waals surface area contributed by atoms with Crippen molar-refractivity contribution in [3.63, 3.8) is 0 Å². The molecular formula is C23H31N5O3. The van der Waals surface area contributed by atoms with Gasteiger partial charge in [-0.15, -0.1) is 0 Å². The number of nitrogens with zero attached hydrogens (tertiary/aromatic N) is 3. The molecule has 0 radical (unpaired) electrons. The van der Waals surface area contributed by atoms with E-state index >= 15 is 0 Å². The van der Waals surface area contributed by atoms with Crippen LogP contribution in [0.4, 0.5) is 5.69 Å². The van der Waals surface area contributed by atoms with Gasteiger partial charge in [0.1, 0.15) is 5.76 Å². The summed E-state index contributed by atoms with van der Waals surface area (Å²) in [6.45, 7) is 6.35. The van der Waals surface area contributed by atoms with Crippen molar-refractivity contribution in [2.75, 3.05) is 38.0 Å². The predicted octanol–water partition coefficient (Wildman–Crippen LogP) is 2.41. The van der Waals surface area contributed by atoms with E-state index in [0.29, 0.717) is 17.8 Å². The van der Waals surface area contributed by atoms with Crippen LogP contribution in [0.2, 0.25) is 0 Å². The van der Waals surface area contributed by atoms with Gasteiger partial charge in [-0.2, -0.15) is 0 Å². The van der Waals surface area contributed by atoms with Crippen molar-refractivity contribution in [2.45, 2.75) is 45.2 Å². The van der Waals surface area contributed by atoms with E-state index in [1.54, 1.807) is 12.1 Å². The summed E-state index contributed by atoms with van der Waals surface area (Å²) in [5, 5.41) is 10.1. The molecule has 2 heterocycles. The first-order valence-electron chi connectivity index (χ1n) is 11.1. The lowest BCUT2D eigenvalue weighted by atomic mass is 10.1. The molecule has 0 atom stereocenters. The molecular weight excluding hydrogens is 394 g/mol. The van der Waals surface area contributed by atoms with Gasteiger partial charge in [0, 0.05) is 44.8 Å². The first-order valence-corrected chi connectivity index (χ1v) is 11.1. The molecule has 2 N–H and O–H groups in total. The van der Waals surface area contributed by atoms with E-state index in [0.717, 1.165) is 69.9 Å². The topological polar surface area (TPSA) is 90.7 Å². The van der Waals surface area contributed by atoms with Crippen LogP contribution in [0.25, 0.3) is 0 Å². The smallest absolute Gasteiger partial charge is 0.253 e. The molecule has 2 amide bonds. The van der Waals surface area contributed by atoms with Gasteiger partial charge in [-0.1, -0.05) is 30.1 Å². The Morgan fingerprint density at radius 2 is 1.81 bits per heavy atom. The molecule has 8 nitrogen and oxygen atoms in total. The van der Waals surface area contributed by atoms with Gasteiger partial charge in [-0.25, -0.2) is 0 Å². The van der Waals surface area contributed by atoms with E-state index < -0.39 is 0 Å². The van der Waals surface area contributed by atoms with E-state index in [1.165, 1.54) is 0 Å². The van der Waals surface area contributed by atoms with E-state index in [4.69, 9.17) is 4.52 Å². The molecule has 0 unspecified atom stereocenters. The molecule has 1 aromatic heterocycles. The molecule has 31 heavy (non-hydrogen) atoms. The molecule has 1 aliphatic carbocycles. The second kappa shape index (κ2) is 10.1. The number of carbonyl (C=O) groups excluding carboxylic acids is 2. The van der Waals surface area contributed by atoms with Gasteiger partial charge >= 0.3 is 0 Å². The Bertz CT molecular complexity index is 898. The highest BCUT2D eigenvalue weighted by atomic mass is 16.5. The highest BCUT2D eigenvalue weighted by Gasteiger charge is 2.22. The minimum atomic E-state index is -0.112. The van der Waals surface area contributed by atoms with Crippen molar-refractivity contribution < 1.29 is 14.1 Å². The summed E-state index contributed by atoms with van der Waals surface area (Å²) in [6, 6.07) is 9.43. The number of piperazine rings is 1. The number of hydrogen-bond acceptors (Lipinski definition) is 6. The molecule has 1 aromatic carbocycles. The van der Waals surface area contributed by atoms with E-state index in [9.17, 15) is 9.59 Å². The Morgan fingerprint density at radius 1 is 1.10 bits per heavy atom. The van der Waals surface area contributed by atoms with Crippen molar-refractivity contribution in [3.8, 4) is 0 Å². The standard InChI is InChI=1S/C23H31N5O3/c1-17-14-19(26-31-17)15-27-10-12-28(13-11-27)16-22(29)25-21-9-5-4-8-20(21)23(30)24-18-6-2-3-7-18/h4-5,8-9,14,18H,2-3,6-7,10-13,15-16H2,1H3,(H,24,30)(H,25,29). The zero-order valence-corrected chi connectivity index (χ0v) is 18.1. The Morgan fingerprint density at radius 3 is 2.52 bits per heavy atom. The van der Waals surface area contributed by atoms with Crippen LogP contribution in [0.1, 0.15) is 47.5 Å². The van der Waals surface area contributed by atoms with Crippen molar-refractivity contribution in [2.24, 2.45) is 0 Å². The Balaban J connectivity index is 1.26. The van der Waals surface area contributed by atoms with E-state index in [2.05, 4.69) is 25.6 Å². The highest BCUT2D eigenvalue weighted by Crippen LogP contribution is 2.20. The average Bonchev–Trinajstić information content (AvgIpc) is 3.41. The van der Waals surface area contributed by atoms with Gasteiger partial charge in [-0.3, -0.25) is 19.4 Å². The van der Waals surface area contributed by atoms with Gasteiger partial charge in [0.2, 0.25) is 5.91 Å². The number of aromatic nitrogens is 1. The first-order chi connectivity index (χ1) is 15.1. The molecule has 2 fully saturated rings. The molecule has 166 valence electrons. The van der Waals surface area contributed by atoms with Crippen LogP contribution >= 0.6 is 0 Å². The minimum absolute atomic E-state index is 0.0957. The van der Waals surface area contributed by atoms with Crippen LogP contribution in [0.3, 0.4) is 0 Å². The summed E-state index contributed by atoms with van der Waals surface area (Å²) in [5.41, 5.74) is 2.04. The lowest BCUT2D eigenvalue weighted by Gasteiger charge is -2.33. The third-order valence-corrected chi connectivity index (χ3v) is 6.03. The largest absolute Gasteiger partial charge is 0.361 e. The number of hydrogen-bond donors (Lipinski definition) is 2. The Hall–Kier alpha value is -2.71. The Labute approximate surface area is 182 Å². The van der Waals surface area contributed by atoms with Gasteiger partial charge in [0.25, 0.3) is 5.91 Å². The normalized spacial score (nSPS) is 18.2. The average molecular weight is 426 g/mol. The van der Waals surface area contributed by atoms with Gasteiger partial charge in [0.15, 0.2) is 0 Å². The predicted molar refractivity (Wildman–Crippen MR) is 118 cm³/mol. The maximum Gasteiger partial charge on any atom is 0.253 e. The molecule has 1 aliphatic heterocycles. The fraction of sp³-hybridized carbons (Fsp3) is 0.522. The third-order valence-electron chi connectivity index (χ3n) is 6.03. The van der Waals surface area contributed by atoms with Gasteiger partial charge < -0.3 is 15.2 Å². The second-order valence-electron chi connectivity index (χ2n) is 8.53. The van der Waals surface area contributed by atoms with Crippen LogP contribution in [-0.2, 0) is 11.3 Å². The first kappa shape index (κ1) is 21.5. The maximum absolute atomic E-state index is 12.7. The van der Waals surface area contributed by atoms with Crippen molar-refractivity contribution in [3.05, 3.63) is 47.3 Å². The summed E-state index contributed by atoms with van der Waals surface area (Å²) in [5.74, 6) is 0.615. The highest BCUT2D eigenvalue weighted by molar-refractivity contribution is 6.04. The van der Waals surface area contributed by atoms with Crippen molar-refractivity contribution in [1.82, 2.24) is 20.3 Å². The molecule has 1 saturated heterocycles.